The average molecular weight is 727 g/mol. The first-order chi connectivity index (χ1) is 24.0. The molecule has 0 bridgehead atoms. The van der Waals surface area contributed by atoms with Crippen molar-refractivity contribution in [2.75, 3.05) is 0 Å². The van der Waals surface area contributed by atoms with Crippen LogP contribution in [0.2, 0.25) is 0 Å². The van der Waals surface area contributed by atoms with Gasteiger partial charge in [-0.15, -0.1) is 0 Å². The molecule has 0 aliphatic carbocycles. The van der Waals surface area contributed by atoms with Gasteiger partial charge in [0.05, 0.1) is 0 Å². The molecule has 4 heterocycles. The van der Waals surface area contributed by atoms with Gasteiger partial charge in [0.15, 0.2) is 0 Å². The summed E-state index contributed by atoms with van der Waals surface area (Å²) < 4.78 is 42.2. The Morgan fingerprint density at radius 2 is 0.885 bits per heavy atom. The van der Waals surface area contributed by atoms with Crippen LogP contribution < -0.4 is 0 Å². The molecule has 4 aliphatic heterocycles. The molecule has 0 saturated carbocycles. The molecule has 2 N–H and O–H groups in total. The summed E-state index contributed by atoms with van der Waals surface area (Å²) in [6, 6.07) is 0. The summed E-state index contributed by atoms with van der Waals surface area (Å²) in [6.07, 6.45) is 10.0. The van der Waals surface area contributed by atoms with Gasteiger partial charge in [0.25, 0.3) is 23.5 Å². The van der Waals surface area contributed by atoms with Crippen molar-refractivity contribution >= 4 is 35.8 Å². The highest BCUT2D eigenvalue weighted by atomic mass is 16.8. The van der Waals surface area contributed by atoms with Gasteiger partial charge in [0.2, 0.25) is 0 Å². The van der Waals surface area contributed by atoms with Crippen molar-refractivity contribution in [2.45, 2.75) is 85.5 Å². The van der Waals surface area contributed by atoms with E-state index in [0.717, 1.165) is 26.0 Å². The Bertz CT molecular complexity index is 1840. The monoisotopic (exact) mass is 726 g/mol. The average Bonchev–Trinajstić information content (AvgIpc) is 2.98. The zero-order valence-corrected chi connectivity index (χ0v) is 29.8. The van der Waals surface area contributed by atoms with Crippen LogP contribution in [-0.4, -0.2) is 69.2 Å². The van der Waals surface area contributed by atoms with Gasteiger partial charge in [0, 0.05) is 40.5 Å². The Hall–Kier alpha value is -6.06. The molecule has 0 radical (unpaired) electrons. The van der Waals surface area contributed by atoms with Crippen LogP contribution in [0.15, 0.2) is 93.9 Å². The summed E-state index contributed by atoms with van der Waals surface area (Å²) in [7, 11) is 0. The van der Waals surface area contributed by atoms with Crippen LogP contribution in [0.25, 0.3) is 0 Å². The van der Waals surface area contributed by atoms with Crippen LogP contribution in [0, 0.1) is 5.92 Å². The fourth-order valence-electron chi connectivity index (χ4n) is 4.53. The number of cyclic esters (lactones) is 6. The molecular weight excluding hydrogens is 688 g/mol. The summed E-state index contributed by atoms with van der Waals surface area (Å²) in [5, 5.41) is 21.3. The minimum atomic E-state index is -2.31. The lowest BCUT2D eigenvalue weighted by molar-refractivity contribution is -0.375. The molecule has 2 fully saturated rings. The van der Waals surface area contributed by atoms with Gasteiger partial charge in [-0.2, -0.15) is 0 Å². The molecule has 0 aromatic heterocycles. The van der Waals surface area contributed by atoms with Gasteiger partial charge in [-0.25, -0.2) is 28.8 Å². The maximum atomic E-state index is 13.0. The number of hydrogen-bond donors (Lipinski definition) is 2. The molecule has 16 nitrogen and oxygen atoms in total. The molecule has 16 heteroatoms. The summed E-state index contributed by atoms with van der Waals surface area (Å²) in [5.41, 5.74) is -0.797. The van der Waals surface area contributed by atoms with E-state index in [9.17, 15) is 39.0 Å². The van der Waals surface area contributed by atoms with Crippen LogP contribution in [0.4, 0.5) is 0 Å². The van der Waals surface area contributed by atoms with Crippen molar-refractivity contribution in [2.24, 2.45) is 5.92 Å². The second-order valence-electron chi connectivity index (χ2n) is 13.1. The van der Waals surface area contributed by atoms with Gasteiger partial charge in [-0.1, -0.05) is 49.3 Å². The Balaban J connectivity index is 1.47. The standard InChI is InChI=1S/C36H38O16/c1-18(2)34(7)47-27(39)22(28(40)48-34)15-11-20(4)13-17-24-31(43)51-36(9,52-32(24)44)35(8)49-29(41)23(30(42)50-35)16-12-19(3)10-14-21-25(37)45-33(5,6)46-26(21)38/h10-18,41,43H,1-9H3/b16-12?,17-13+,19-10?,20-11+,22-15?. The van der Waals surface area contributed by atoms with Gasteiger partial charge < -0.3 is 48.1 Å². The minimum absolute atomic E-state index is 0.289. The molecule has 52 heavy (non-hydrogen) atoms. The van der Waals surface area contributed by atoms with Crippen LogP contribution in [-0.2, 0) is 66.7 Å². The molecule has 2 atom stereocenters. The number of rotatable bonds is 8. The lowest BCUT2D eigenvalue weighted by atomic mass is 10.0. The van der Waals surface area contributed by atoms with E-state index in [2.05, 4.69) is 0 Å². The second kappa shape index (κ2) is 13.9. The molecule has 278 valence electrons. The molecule has 4 rings (SSSR count). The highest BCUT2D eigenvalue weighted by Crippen LogP contribution is 2.42. The highest BCUT2D eigenvalue weighted by Gasteiger charge is 2.62. The lowest BCUT2D eigenvalue weighted by Crippen LogP contribution is -2.61. The molecular formula is C36H38O16. The Morgan fingerprint density at radius 1 is 0.538 bits per heavy atom. The third-order valence-electron chi connectivity index (χ3n) is 8.13. The zero-order chi connectivity index (χ0) is 39.0. The van der Waals surface area contributed by atoms with Crippen molar-refractivity contribution < 1.29 is 76.9 Å². The van der Waals surface area contributed by atoms with E-state index in [1.54, 1.807) is 27.7 Å². The summed E-state index contributed by atoms with van der Waals surface area (Å²) >= 11 is 0. The highest BCUT2D eigenvalue weighted by molar-refractivity contribution is 6.16. The Morgan fingerprint density at radius 3 is 1.21 bits per heavy atom. The Labute approximate surface area is 297 Å². The van der Waals surface area contributed by atoms with Gasteiger partial charge in [-0.05, 0) is 38.2 Å². The predicted octanol–water partition coefficient (Wildman–Crippen LogP) is 4.27. The lowest BCUT2D eigenvalue weighted by Gasteiger charge is -2.45. The number of esters is 6. The summed E-state index contributed by atoms with van der Waals surface area (Å²) in [6.45, 7) is 13.1. The maximum Gasteiger partial charge on any atom is 0.348 e. The molecule has 0 amide bonds. The molecule has 2 saturated heterocycles. The van der Waals surface area contributed by atoms with E-state index in [4.69, 9.17) is 37.9 Å². The van der Waals surface area contributed by atoms with E-state index in [-0.39, 0.29) is 17.1 Å². The van der Waals surface area contributed by atoms with E-state index in [0.29, 0.717) is 11.1 Å². The molecule has 0 aromatic rings. The van der Waals surface area contributed by atoms with E-state index in [1.165, 1.54) is 57.2 Å². The van der Waals surface area contributed by atoms with E-state index < -0.39 is 82.0 Å². The van der Waals surface area contributed by atoms with Crippen LogP contribution in [0.5, 0.6) is 0 Å². The molecule has 2 unspecified atom stereocenters. The normalized spacial score (nSPS) is 28.6. The predicted molar refractivity (Wildman–Crippen MR) is 174 cm³/mol. The van der Waals surface area contributed by atoms with Crippen molar-refractivity contribution in [3.05, 3.63) is 93.9 Å². The van der Waals surface area contributed by atoms with Crippen LogP contribution in [0.1, 0.15) is 62.3 Å². The smallest absolute Gasteiger partial charge is 0.348 e. The quantitative estimate of drug-likeness (QED) is 0.117. The van der Waals surface area contributed by atoms with Gasteiger partial charge in [-0.3, -0.25) is 0 Å². The summed E-state index contributed by atoms with van der Waals surface area (Å²) in [5.74, 6) is -15.3. The molecule has 0 aromatic carbocycles. The fraction of sp³-hybridized carbons (Fsp3) is 0.389. The van der Waals surface area contributed by atoms with Crippen LogP contribution in [0.3, 0.4) is 0 Å². The molecule has 4 aliphatic rings. The Kier molecular flexibility index (Phi) is 10.4. The fourth-order valence-corrected chi connectivity index (χ4v) is 4.53. The third-order valence-corrected chi connectivity index (χ3v) is 8.13. The molecule has 0 spiro atoms. The van der Waals surface area contributed by atoms with E-state index >= 15 is 0 Å². The first-order valence-corrected chi connectivity index (χ1v) is 15.8. The number of ether oxygens (including phenoxy) is 8. The number of aliphatic hydroxyl groups excluding tert-OH is 2. The number of carbonyl (C=O) groups is 6. The first-order valence-electron chi connectivity index (χ1n) is 15.8. The minimum Gasteiger partial charge on any atom is -0.480 e. The summed E-state index contributed by atoms with van der Waals surface area (Å²) in [4.78, 5) is 75.1. The number of allylic oxidation sites excluding steroid dienone is 8. The van der Waals surface area contributed by atoms with Crippen LogP contribution >= 0.6 is 0 Å². The van der Waals surface area contributed by atoms with Crippen molar-refractivity contribution in [3.8, 4) is 0 Å². The van der Waals surface area contributed by atoms with Gasteiger partial charge >= 0.3 is 47.4 Å². The maximum absolute atomic E-state index is 13.0. The topological polar surface area (TPSA) is 217 Å². The SMILES string of the molecule is CC(C=CC1=C(O)OC(C)(C2(C)OC(=O)C(/C=C/C(C)=C/C=C3C(=O)OC(C)(C(C)C)OC3=O)=C(O)O2)OC1=O)=CC=C1C(=O)OC(C)(C)OC1=O. The van der Waals surface area contributed by atoms with Crippen molar-refractivity contribution in [3.63, 3.8) is 0 Å². The number of carbonyl (C=O) groups excluding carboxylic acids is 6. The first kappa shape index (κ1) is 38.7. The zero-order valence-electron chi connectivity index (χ0n) is 29.8. The third kappa shape index (κ3) is 7.95. The largest absolute Gasteiger partial charge is 0.480 e. The van der Waals surface area contributed by atoms with E-state index in [1.807, 2.05) is 0 Å². The van der Waals surface area contributed by atoms with Crippen molar-refractivity contribution in [1.29, 1.82) is 0 Å². The van der Waals surface area contributed by atoms with Gasteiger partial charge in [0.1, 0.15) is 22.3 Å². The number of hydrogen-bond acceptors (Lipinski definition) is 16. The second-order valence-corrected chi connectivity index (χ2v) is 13.1. The number of aliphatic hydroxyl groups is 2. The van der Waals surface area contributed by atoms with Crippen molar-refractivity contribution in [1.82, 2.24) is 0 Å².